The summed E-state index contributed by atoms with van der Waals surface area (Å²) in [7, 11) is -1.65. The smallest absolute Gasteiger partial charge is 0.253 e. The topological polar surface area (TPSA) is 84.5 Å². The number of rotatable bonds is 7. The Morgan fingerprint density at radius 3 is 2.17 bits per heavy atom. The van der Waals surface area contributed by atoms with Gasteiger partial charge in [-0.15, -0.1) is 0 Å². The van der Waals surface area contributed by atoms with Gasteiger partial charge in [0.2, 0.25) is 0 Å². The Morgan fingerprint density at radius 1 is 0.933 bits per heavy atom. The maximum Gasteiger partial charge on any atom is 0.253 e. The van der Waals surface area contributed by atoms with Crippen LogP contribution in [0.1, 0.15) is 28.9 Å². The Morgan fingerprint density at radius 2 is 1.57 bits per heavy atom. The van der Waals surface area contributed by atoms with Gasteiger partial charge in [-0.1, -0.05) is 24.3 Å². The third-order valence-corrected chi connectivity index (χ3v) is 5.83. The van der Waals surface area contributed by atoms with Crippen LogP contribution in [0.2, 0.25) is 0 Å². The number of ether oxygens (including phenoxy) is 1. The van der Waals surface area contributed by atoms with Gasteiger partial charge in [0.1, 0.15) is 5.75 Å². The second-order valence-corrected chi connectivity index (χ2v) is 8.95. The molecule has 3 aromatic carbocycles. The molecule has 3 aromatic rings. The van der Waals surface area contributed by atoms with E-state index in [2.05, 4.69) is 10.6 Å². The van der Waals surface area contributed by atoms with Crippen LogP contribution < -0.4 is 15.4 Å². The number of amides is 1. The van der Waals surface area contributed by atoms with Gasteiger partial charge in [-0.2, -0.15) is 0 Å². The number of hydrogen-bond acceptors (Lipinski definition) is 5. The zero-order valence-corrected chi connectivity index (χ0v) is 17.9. The maximum absolute atomic E-state index is 12.9. The van der Waals surface area contributed by atoms with E-state index < -0.39 is 9.84 Å². The first kappa shape index (κ1) is 21.4. The summed E-state index contributed by atoms with van der Waals surface area (Å²) in [4.78, 5) is 13.1. The Labute approximate surface area is 176 Å². The lowest BCUT2D eigenvalue weighted by Crippen LogP contribution is -2.27. The third kappa shape index (κ3) is 5.18. The molecule has 1 amide bonds. The van der Waals surface area contributed by atoms with Crippen LogP contribution in [-0.4, -0.2) is 27.7 Å². The number of para-hydroxylation sites is 1. The molecule has 0 bridgehead atoms. The molecule has 0 aromatic heterocycles. The highest BCUT2D eigenvalue weighted by molar-refractivity contribution is 7.90. The number of carbonyl (C=O) groups is 1. The molecule has 156 valence electrons. The molecule has 3 rings (SSSR count). The summed E-state index contributed by atoms with van der Waals surface area (Å²) in [6.45, 7) is 1.85. The van der Waals surface area contributed by atoms with Crippen LogP contribution >= 0.6 is 0 Å². The van der Waals surface area contributed by atoms with Crippen LogP contribution in [-0.2, 0) is 9.84 Å². The number of anilines is 2. The predicted octanol–water partition coefficient (Wildman–Crippen LogP) is 4.33. The average Bonchev–Trinajstić information content (AvgIpc) is 2.74. The fourth-order valence-electron chi connectivity index (χ4n) is 2.98. The van der Waals surface area contributed by atoms with Crippen LogP contribution in [0.4, 0.5) is 11.4 Å². The van der Waals surface area contributed by atoms with Gasteiger partial charge in [0, 0.05) is 11.9 Å². The lowest BCUT2D eigenvalue weighted by atomic mass is 10.1. The molecular weight excluding hydrogens is 400 g/mol. The normalized spacial score (nSPS) is 12.1. The van der Waals surface area contributed by atoms with Crippen molar-refractivity contribution in [2.45, 2.75) is 17.9 Å². The van der Waals surface area contributed by atoms with Gasteiger partial charge < -0.3 is 15.4 Å². The molecule has 1 unspecified atom stereocenters. The van der Waals surface area contributed by atoms with Crippen molar-refractivity contribution in [3.63, 3.8) is 0 Å². The van der Waals surface area contributed by atoms with E-state index in [9.17, 15) is 13.2 Å². The lowest BCUT2D eigenvalue weighted by molar-refractivity contribution is 0.0940. The molecule has 0 saturated heterocycles. The minimum absolute atomic E-state index is 0.230. The van der Waals surface area contributed by atoms with Crippen molar-refractivity contribution in [2.75, 3.05) is 18.7 Å². The summed E-state index contributed by atoms with van der Waals surface area (Å²) in [5.41, 5.74) is 2.84. The van der Waals surface area contributed by atoms with E-state index in [0.29, 0.717) is 11.3 Å². The standard InChI is InChI=1S/C23H24N2O4S/c1-16(17-8-14-20(15-9-17)30(3,27)28)24-23(26)21-6-4-5-7-22(21)25-18-10-12-19(29-2)13-11-18/h4-16,25H,1-3H3,(H,24,26). The summed E-state index contributed by atoms with van der Waals surface area (Å²) in [6, 6.07) is 20.9. The number of sulfone groups is 1. The Hall–Kier alpha value is -3.32. The number of benzene rings is 3. The van der Waals surface area contributed by atoms with Gasteiger partial charge in [0.05, 0.1) is 29.3 Å². The summed E-state index contributed by atoms with van der Waals surface area (Å²) < 4.78 is 28.4. The molecular formula is C23H24N2O4S. The van der Waals surface area contributed by atoms with E-state index in [-0.39, 0.29) is 16.8 Å². The van der Waals surface area contributed by atoms with Crippen molar-refractivity contribution in [1.29, 1.82) is 0 Å². The van der Waals surface area contributed by atoms with Crippen LogP contribution in [0.25, 0.3) is 0 Å². The van der Waals surface area contributed by atoms with E-state index in [4.69, 9.17) is 4.74 Å². The molecule has 2 N–H and O–H groups in total. The van der Waals surface area contributed by atoms with Gasteiger partial charge in [0.25, 0.3) is 5.91 Å². The molecule has 0 spiro atoms. The number of hydrogen-bond donors (Lipinski definition) is 2. The van der Waals surface area contributed by atoms with Gasteiger partial charge in [-0.3, -0.25) is 4.79 Å². The fourth-order valence-corrected chi connectivity index (χ4v) is 3.61. The first-order chi connectivity index (χ1) is 14.3. The fraction of sp³-hybridized carbons (Fsp3) is 0.174. The Balaban J connectivity index is 1.75. The van der Waals surface area contributed by atoms with E-state index in [1.807, 2.05) is 43.3 Å². The van der Waals surface area contributed by atoms with E-state index in [1.54, 1.807) is 43.5 Å². The molecule has 6 nitrogen and oxygen atoms in total. The zero-order chi connectivity index (χ0) is 21.7. The van der Waals surface area contributed by atoms with Crippen LogP contribution in [0.3, 0.4) is 0 Å². The number of methoxy groups -OCH3 is 1. The Kier molecular flexibility index (Phi) is 6.42. The lowest BCUT2D eigenvalue weighted by Gasteiger charge is -2.17. The van der Waals surface area contributed by atoms with E-state index in [1.165, 1.54) is 6.26 Å². The molecule has 0 aliphatic heterocycles. The second-order valence-electron chi connectivity index (χ2n) is 6.94. The second kappa shape index (κ2) is 9.00. The van der Waals surface area contributed by atoms with Crippen molar-refractivity contribution in [2.24, 2.45) is 0 Å². The first-order valence-corrected chi connectivity index (χ1v) is 11.3. The van der Waals surface area contributed by atoms with E-state index in [0.717, 1.165) is 17.0 Å². The van der Waals surface area contributed by atoms with Crippen molar-refractivity contribution in [1.82, 2.24) is 5.32 Å². The molecule has 7 heteroatoms. The van der Waals surface area contributed by atoms with Crippen LogP contribution in [0.5, 0.6) is 5.75 Å². The van der Waals surface area contributed by atoms with Crippen LogP contribution in [0.15, 0.2) is 77.7 Å². The number of carbonyl (C=O) groups excluding carboxylic acids is 1. The molecule has 0 radical (unpaired) electrons. The highest BCUT2D eigenvalue weighted by Crippen LogP contribution is 2.24. The average molecular weight is 425 g/mol. The Bertz CT molecular complexity index is 1120. The van der Waals surface area contributed by atoms with E-state index >= 15 is 0 Å². The monoisotopic (exact) mass is 424 g/mol. The molecule has 0 saturated carbocycles. The predicted molar refractivity (Wildman–Crippen MR) is 118 cm³/mol. The molecule has 30 heavy (non-hydrogen) atoms. The van der Waals surface area contributed by atoms with Gasteiger partial charge in [0.15, 0.2) is 9.84 Å². The van der Waals surface area contributed by atoms with Gasteiger partial charge in [-0.05, 0) is 61.0 Å². The maximum atomic E-state index is 12.9. The SMILES string of the molecule is COc1ccc(Nc2ccccc2C(=O)NC(C)c2ccc(S(C)(=O)=O)cc2)cc1. The molecule has 0 aliphatic rings. The molecule has 0 aliphatic carbocycles. The van der Waals surface area contributed by atoms with Crippen molar-refractivity contribution in [3.8, 4) is 5.75 Å². The highest BCUT2D eigenvalue weighted by Gasteiger charge is 2.16. The molecule has 0 fully saturated rings. The summed E-state index contributed by atoms with van der Waals surface area (Å²) in [5, 5.41) is 6.23. The van der Waals surface area contributed by atoms with Crippen molar-refractivity contribution >= 4 is 27.1 Å². The van der Waals surface area contributed by atoms with Crippen LogP contribution in [0, 0.1) is 0 Å². The quantitative estimate of drug-likeness (QED) is 0.590. The molecule has 1 atom stereocenters. The first-order valence-electron chi connectivity index (χ1n) is 9.39. The van der Waals surface area contributed by atoms with Gasteiger partial charge in [-0.25, -0.2) is 8.42 Å². The summed E-state index contributed by atoms with van der Waals surface area (Å²) in [5.74, 6) is 0.522. The van der Waals surface area contributed by atoms with Crippen molar-refractivity contribution in [3.05, 3.63) is 83.9 Å². The zero-order valence-electron chi connectivity index (χ0n) is 17.0. The van der Waals surface area contributed by atoms with Crippen molar-refractivity contribution < 1.29 is 17.9 Å². The minimum atomic E-state index is -3.25. The summed E-state index contributed by atoms with van der Waals surface area (Å²) in [6.07, 6.45) is 1.17. The van der Waals surface area contributed by atoms with Gasteiger partial charge >= 0.3 is 0 Å². The third-order valence-electron chi connectivity index (χ3n) is 4.70. The largest absolute Gasteiger partial charge is 0.497 e. The summed E-state index contributed by atoms with van der Waals surface area (Å²) >= 11 is 0. The number of nitrogens with one attached hydrogen (secondary N) is 2. The minimum Gasteiger partial charge on any atom is -0.497 e. The highest BCUT2D eigenvalue weighted by atomic mass is 32.2. The molecule has 0 heterocycles.